The van der Waals surface area contributed by atoms with Crippen molar-refractivity contribution in [2.75, 3.05) is 0 Å². The van der Waals surface area contributed by atoms with Crippen molar-refractivity contribution >= 4 is 21.9 Å². The monoisotopic (exact) mass is 324 g/mol. The Morgan fingerprint density at radius 2 is 2.00 bits per heavy atom. The molecule has 0 saturated heterocycles. The topological polar surface area (TPSA) is 46.5 Å². The Morgan fingerprint density at radius 1 is 1.26 bits per heavy atom. The van der Waals surface area contributed by atoms with Crippen LogP contribution in [0.1, 0.15) is 15.9 Å². The second kappa shape index (κ2) is 5.40. The minimum atomic E-state index is -1.10. The first-order valence-corrected chi connectivity index (χ1v) is 6.23. The molecule has 5 heteroatoms. The van der Waals surface area contributed by atoms with E-state index in [1.807, 2.05) is 0 Å². The fraction of sp³-hybridized carbons (Fsp3) is 0.0714. The molecule has 0 aliphatic carbocycles. The van der Waals surface area contributed by atoms with Gasteiger partial charge in [0, 0.05) is 10.5 Å². The molecule has 0 aliphatic rings. The molecule has 0 heterocycles. The predicted octanol–water partition coefficient (Wildman–Crippen LogP) is 4.39. The molecule has 2 aromatic carbocycles. The van der Waals surface area contributed by atoms with Crippen molar-refractivity contribution in [2.24, 2.45) is 0 Å². The number of carboxylic acid groups (broad SMARTS) is 1. The number of hydrogen-bond acceptors (Lipinski definition) is 2. The number of ether oxygens (including phenoxy) is 1. The van der Waals surface area contributed by atoms with Gasteiger partial charge in [-0.15, -0.1) is 0 Å². The molecule has 0 aromatic heterocycles. The quantitative estimate of drug-likeness (QED) is 0.910. The summed E-state index contributed by atoms with van der Waals surface area (Å²) < 4.78 is 19.5. The summed E-state index contributed by atoms with van der Waals surface area (Å²) in [5.41, 5.74) is 0.518. The van der Waals surface area contributed by atoms with E-state index in [2.05, 4.69) is 15.9 Å². The van der Waals surface area contributed by atoms with E-state index < -0.39 is 11.8 Å². The zero-order chi connectivity index (χ0) is 14.0. The predicted molar refractivity (Wildman–Crippen MR) is 72.3 cm³/mol. The van der Waals surface area contributed by atoms with Crippen LogP contribution >= 0.6 is 15.9 Å². The van der Waals surface area contributed by atoms with Crippen molar-refractivity contribution < 1.29 is 19.0 Å². The Labute approximate surface area is 117 Å². The van der Waals surface area contributed by atoms with E-state index in [9.17, 15) is 9.18 Å². The molecule has 0 radical (unpaired) electrons. The summed E-state index contributed by atoms with van der Waals surface area (Å²) in [6.45, 7) is 1.64. The number of halogens is 2. The first-order valence-electron chi connectivity index (χ1n) is 5.44. The zero-order valence-electron chi connectivity index (χ0n) is 9.98. The molecule has 0 spiro atoms. The number of aromatic carboxylic acids is 1. The van der Waals surface area contributed by atoms with Gasteiger partial charge in [0.05, 0.1) is 0 Å². The van der Waals surface area contributed by atoms with Crippen LogP contribution in [0.2, 0.25) is 0 Å². The average Bonchev–Trinajstić information content (AvgIpc) is 2.33. The molecule has 0 aliphatic heterocycles. The average molecular weight is 325 g/mol. The fourth-order valence-corrected chi connectivity index (χ4v) is 1.86. The maximum atomic E-state index is 13.4. The third kappa shape index (κ3) is 3.12. The van der Waals surface area contributed by atoms with Crippen LogP contribution in [-0.2, 0) is 0 Å². The zero-order valence-corrected chi connectivity index (χ0v) is 11.6. The van der Waals surface area contributed by atoms with E-state index in [4.69, 9.17) is 9.84 Å². The third-order valence-electron chi connectivity index (χ3n) is 2.55. The maximum Gasteiger partial charge on any atom is 0.339 e. The number of rotatable bonds is 3. The first kappa shape index (κ1) is 13.5. The second-order valence-corrected chi connectivity index (χ2v) is 4.87. The van der Waals surface area contributed by atoms with E-state index in [1.165, 1.54) is 18.2 Å². The van der Waals surface area contributed by atoms with Crippen molar-refractivity contribution in [3.05, 3.63) is 57.8 Å². The summed E-state index contributed by atoms with van der Waals surface area (Å²) in [7, 11) is 0. The minimum Gasteiger partial charge on any atom is -0.478 e. The summed E-state index contributed by atoms with van der Waals surface area (Å²) in [6, 6.07) is 8.94. The molecule has 0 fully saturated rings. The van der Waals surface area contributed by atoms with Gasteiger partial charge in [-0.2, -0.15) is 0 Å². The van der Waals surface area contributed by atoms with Gasteiger partial charge < -0.3 is 9.84 Å². The van der Waals surface area contributed by atoms with Crippen molar-refractivity contribution in [3.63, 3.8) is 0 Å². The molecule has 1 N–H and O–H groups in total. The van der Waals surface area contributed by atoms with Crippen LogP contribution in [0.25, 0.3) is 0 Å². The van der Waals surface area contributed by atoms with Gasteiger partial charge >= 0.3 is 5.97 Å². The highest BCUT2D eigenvalue weighted by atomic mass is 79.9. The summed E-state index contributed by atoms with van der Waals surface area (Å²) >= 11 is 3.24. The smallest absolute Gasteiger partial charge is 0.339 e. The van der Waals surface area contributed by atoms with Crippen LogP contribution in [0.3, 0.4) is 0 Å². The normalized spacial score (nSPS) is 10.3. The number of benzene rings is 2. The van der Waals surface area contributed by atoms with Crippen LogP contribution in [0.5, 0.6) is 11.5 Å². The molecule has 0 saturated carbocycles. The van der Waals surface area contributed by atoms with Gasteiger partial charge in [-0.25, -0.2) is 9.18 Å². The van der Waals surface area contributed by atoms with Gasteiger partial charge in [-0.1, -0.05) is 22.0 Å². The van der Waals surface area contributed by atoms with Gasteiger partial charge in [0.1, 0.15) is 22.9 Å². The number of carbonyl (C=O) groups is 1. The summed E-state index contributed by atoms with van der Waals surface area (Å²) in [6.07, 6.45) is 0. The highest BCUT2D eigenvalue weighted by Crippen LogP contribution is 2.29. The molecular weight excluding hydrogens is 315 g/mol. The van der Waals surface area contributed by atoms with Crippen molar-refractivity contribution in [2.45, 2.75) is 6.92 Å². The van der Waals surface area contributed by atoms with Gasteiger partial charge in [0.25, 0.3) is 0 Å². The number of carboxylic acids is 1. The lowest BCUT2D eigenvalue weighted by atomic mass is 10.2. The lowest BCUT2D eigenvalue weighted by Crippen LogP contribution is -2.00. The highest BCUT2D eigenvalue weighted by Gasteiger charge is 2.13. The molecule has 0 amide bonds. The second-order valence-electron chi connectivity index (χ2n) is 3.96. The Morgan fingerprint density at radius 3 is 2.63 bits per heavy atom. The Kier molecular flexibility index (Phi) is 3.85. The van der Waals surface area contributed by atoms with Crippen molar-refractivity contribution in [1.29, 1.82) is 0 Å². The molecule has 2 aromatic rings. The number of aryl methyl sites for hydroxylation is 1. The Bertz CT molecular complexity index is 641. The number of hydrogen-bond donors (Lipinski definition) is 1. The summed E-state index contributed by atoms with van der Waals surface area (Å²) in [5.74, 6) is -1.09. The lowest BCUT2D eigenvalue weighted by molar-refractivity contribution is 0.0694. The van der Waals surface area contributed by atoms with Gasteiger partial charge in [-0.3, -0.25) is 0 Å². The van der Waals surface area contributed by atoms with E-state index >= 15 is 0 Å². The van der Waals surface area contributed by atoms with Crippen molar-refractivity contribution in [3.8, 4) is 11.5 Å². The van der Waals surface area contributed by atoms with Gasteiger partial charge in [-0.05, 0) is 36.8 Å². The van der Waals surface area contributed by atoms with E-state index in [0.29, 0.717) is 10.0 Å². The van der Waals surface area contributed by atoms with E-state index in [0.717, 1.165) is 0 Å². The molecule has 2 rings (SSSR count). The van der Waals surface area contributed by atoms with E-state index in [-0.39, 0.29) is 17.1 Å². The van der Waals surface area contributed by atoms with Gasteiger partial charge in [0.15, 0.2) is 0 Å². The van der Waals surface area contributed by atoms with Gasteiger partial charge in [0.2, 0.25) is 0 Å². The summed E-state index contributed by atoms with van der Waals surface area (Å²) in [5, 5.41) is 9.06. The molecule has 0 unspecified atom stereocenters. The molecule has 0 bridgehead atoms. The highest BCUT2D eigenvalue weighted by molar-refractivity contribution is 9.10. The van der Waals surface area contributed by atoms with Crippen LogP contribution in [0.15, 0.2) is 40.9 Å². The van der Waals surface area contributed by atoms with E-state index in [1.54, 1.807) is 25.1 Å². The van der Waals surface area contributed by atoms with Crippen LogP contribution < -0.4 is 4.74 Å². The first-order chi connectivity index (χ1) is 8.97. The lowest BCUT2D eigenvalue weighted by Gasteiger charge is -2.10. The van der Waals surface area contributed by atoms with Crippen LogP contribution in [-0.4, -0.2) is 11.1 Å². The molecule has 19 heavy (non-hydrogen) atoms. The molecule has 0 atom stereocenters. The largest absolute Gasteiger partial charge is 0.478 e. The third-order valence-corrected chi connectivity index (χ3v) is 3.04. The molecule has 3 nitrogen and oxygen atoms in total. The Hall–Kier alpha value is -1.88. The standard InChI is InChI=1S/C14H10BrFO3/c1-8-2-4-10(7-12(8)16)19-13-6-9(15)3-5-11(13)14(17)18/h2-7H,1H3,(H,17,18). The van der Waals surface area contributed by atoms with Crippen molar-refractivity contribution in [1.82, 2.24) is 0 Å². The van der Waals surface area contributed by atoms with Crippen LogP contribution in [0, 0.1) is 12.7 Å². The summed E-state index contributed by atoms with van der Waals surface area (Å²) in [4.78, 5) is 11.1. The molecule has 98 valence electrons. The van der Waals surface area contributed by atoms with Crippen LogP contribution in [0.4, 0.5) is 4.39 Å². The maximum absolute atomic E-state index is 13.4. The fourth-order valence-electron chi connectivity index (χ4n) is 1.52. The Balaban J connectivity index is 2.39. The SMILES string of the molecule is Cc1ccc(Oc2cc(Br)ccc2C(=O)O)cc1F. The minimum absolute atomic E-state index is 0.0178. The molecular formula is C14H10BrFO3.